The van der Waals surface area contributed by atoms with Crippen molar-refractivity contribution in [1.29, 1.82) is 0 Å². The van der Waals surface area contributed by atoms with Crippen molar-refractivity contribution in [1.82, 2.24) is 0 Å². The molecule has 1 aliphatic rings. The molecular formula is C13H21FO. The van der Waals surface area contributed by atoms with Crippen LogP contribution in [0.4, 0.5) is 4.39 Å². The Morgan fingerprint density at radius 1 is 1.27 bits per heavy atom. The summed E-state index contributed by atoms with van der Waals surface area (Å²) in [6.07, 6.45) is 6.46. The van der Waals surface area contributed by atoms with E-state index in [-0.39, 0.29) is 11.7 Å². The molecule has 0 spiro atoms. The molecule has 1 aliphatic carbocycles. The van der Waals surface area contributed by atoms with Crippen LogP contribution in [0.2, 0.25) is 0 Å². The maximum Gasteiger partial charge on any atom is 0.191 e. The Balaban J connectivity index is 2.60. The summed E-state index contributed by atoms with van der Waals surface area (Å²) in [5.74, 6) is -0.462. The molecule has 0 amide bonds. The number of ketones is 1. The van der Waals surface area contributed by atoms with Gasteiger partial charge < -0.3 is 0 Å². The Morgan fingerprint density at radius 2 is 1.93 bits per heavy atom. The molecular weight excluding hydrogens is 191 g/mol. The number of allylic oxidation sites excluding steroid dienone is 2. The normalized spacial score (nSPS) is 21.5. The van der Waals surface area contributed by atoms with Crippen molar-refractivity contribution in [3.05, 3.63) is 11.4 Å². The zero-order valence-corrected chi connectivity index (χ0v) is 9.81. The van der Waals surface area contributed by atoms with Crippen molar-refractivity contribution in [2.75, 3.05) is 0 Å². The van der Waals surface area contributed by atoms with Crippen LogP contribution in [-0.4, -0.2) is 5.78 Å². The lowest BCUT2D eigenvalue weighted by atomic mass is 9.92. The standard InChI is InChI=1S/C13H21FO/c1-3-5-7-10-9-12(15)13(14)11(10)8-6-4-2/h10H,3-9H2,1-2H3. The van der Waals surface area contributed by atoms with Crippen LogP contribution in [0.1, 0.15) is 58.8 Å². The molecule has 0 saturated heterocycles. The van der Waals surface area contributed by atoms with Crippen molar-refractivity contribution in [3.63, 3.8) is 0 Å². The van der Waals surface area contributed by atoms with Gasteiger partial charge in [0, 0.05) is 6.42 Å². The smallest absolute Gasteiger partial charge is 0.191 e. The molecule has 0 aromatic rings. The van der Waals surface area contributed by atoms with E-state index in [9.17, 15) is 9.18 Å². The SMILES string of the molecule is CCCCC1=C(F)C(=O)CC1CCCC. The van der Waals surface area contributed by atoms with Crippen LogP contribution in [0, 0.1) is 5.92 Å². The van der Waals surface area contributed by atoms with Crippen molar-refractivity contribution in [2.45, 2.75) is 58.8 Å². The minimum atomic E-state index is -0.412. The molecule has 15 heavy (non-hydrogen) atoms. The van der Waals surface area contributed by atoms with Crippen LogP contribution in [0.15, 0.2) is 11.4 Å². The van der Waals surface area contributed by atoms with Gasteiger partial charge in [0.2, 0.25) is 0 Å². The largest absolute Gasteiger partial charge is 0.292 e. The molecule has 0 aromatic carbocycles. The fourth-order valence-corrected chi connectivity index (χ4v) is 2.20. The van der Waals surface area contributed by atoms with Crippen molar-refractivity contribution < 1.29 is 9.18 Å². The summed E-state index contributed by atoms with van der Waals surface area (Å²) < 4.78 is 13.5. The molecule has 0 aromatic heterocycles. The Kier molecular flexibility index (Phi) is 5.00. The quantitative estimate of drug-likeness (QED) is 0.645. The lowest BCUT2D eigenvalue weighted by Gasteiger charge is -2.12. The summed E-state index contributed by atoms with van der Waals surface area (Å²) in [7, 11) is 0. The fraction of sp³-hybridized carbons (Fsp3) is 0.769. The average molecular weight is 212 g/mol. The first kappa shape index (κ1) is 12.4. The van der Waals surface area contributed by atoms with Crippen molar-refractivity contribution >= 4 is 5.78 Å². The first-order valence-corrected chi connectivity index (χ1v) is 6.12. The van der Waals surface area contributed by atoms with Crippen LogP contribution >= 0.6 is 0 Å². The third-order valence-electron chi connectivity index (χ3n) is 3.16. The van der Waals surface area contributed by atoms with Gasteiger partial charge in [-0.2, -0.15) is 0 Å². The zero-order valence-electron chi connectivity index (χ0n) is 9.81. The van der Waals surface area contributed by atoms with Gasteiger partial charge in [0.15, 0.2) is 11.6 Å². The Morgan fingerprint density at radius 3 is 2.53 bits per heavy atom. The van der Waals surface area contributed by atoms with Crippen molar-refractivity contribution in [3.8, 4) is 0 Å². The summed E-state index contributed by atoms with van der Waals surface area (Å²) in [5.41, 5.74) is 0.815. The second-order valence-electron chi connectivity index (χ2n) is 4.41. The van der Waals surface area contributed by atoms with Gasteiger partial charge in [-0.3, -0.25) is 4.79 Å². The third kappa shape index (κ3) is 3.15. The van der Waals surface area contributed by atoms with E-state index >= 15 is 0 Å². The maximum absolute atomic E-state index is 13.5. The topological polar surface area (TPSA) is 17.1 Å². The Hall–Kier alpha value is -0.660. The highest BCUT2D eigenvalue weighted by molar-refractivity contribution is 5.97. The van der Waals surface area contributed by atoms with Gasteiger partial charge in [-0.15, -0.1) is 0 Å². The molecule has 0 N–H and O–H groups in total. The van der Waals surface area contributed by atoms with Crippen LogP contribution in [0.5, 0.6) is 0 Å². The zero-order chi connectivity index (χ0) is 11.3. The summed E-state index contributed by atoms with van der Waals surface area (Å²) in [5, 5.41) is 0. The molecule has 0 saturated carbocycles. The summed E-state index contributed by atoms with van der Waals surface area (Å²) in [6.45, 7) is 4.22. The number of rotatable bonds is 6. The van der Waals surface area contributed by atoms with Gasteiger partial charge in [-0.1, -0.05) is 33.1 Å². The number of carbonyl (C=O) groups excluding carboxylic acids is 1. The summed E-state index contributed by atoms with van der Waals surface area (Å²) in [6, 6.07) is 0. The lowest BCUT2D eigenvalue weighted by molar-refractivity contribution is -0.116. The monoisotopic (exact) mass is 212 g/mol. The van der Waals surface area contributed by atoms with Gasteiger partial charge in [-0.05, 0) is 30.8 Å². The molecule has 1 rings (SSSR count). The Labute approximate surface area is 91.8 Å². The predicted octanol–water partition coefficient (Wildman–Crippen LogP) is 4.18. The van der Waals surface area contributed by atoms with Gasteiger partial charge in [0.25, 0.3) is 0 Å². The minimum Gasteiger partial charge on any atom is -0.292 e. The molecule has 1 nitrogen and oxygen atoms in total. The first-order valence-electron chi connectivity index (χ1n) is 6.12. The van der Waals surface area contributed by atoms with E-state index in [1.807, 2.05) is 0 Å². The average Bonchev–Trinajstić information content (AvgIpc) is 2.50. The summed E-state index contributed by atoms with van der Waals surface area (Å²) >= 11 is 0. The fourth-order valence-electron chi connectivity index (χ4n) is 2.20. The molecule has 1 atom stereocenters. The number of hydrogen-bond acceptors (Lipinski definition) is 1. The van der Waals surface area contributed by atoms with E-state index in [0.717, 1.165) is 44.1 Å². The molecule has 2 heteroatoms. The van der Waals surface area contributed by atoms with Gasteiger partial charge in [0.1, 0.15) is 0 Å². The lowest BCUT2D eigenvalue weighted by Crippen LogP contribution is -2.01. The van der Waals surface area contributed by atoms with Crippen molar-refractivity contribution in [2.24, 2.45) is 5.92 Å². The van der Waals surface area contributed by atoms with Gasteiger partial charge in [-0.25, -0.2) is 4.39 Å². The molecule has 0 heterocycles. The highest BCUT2D eigenvalue weighted by Crippen LogP contribution is 2.36. The van der Waals surface area contributed by atoms with Gasteiger partial charge >= 0.3 is 0 Å². The maximum atomic E-state index is 13.5. The second kappa shape index (κ2) is 6.04. The number of hydrogen-bond donors (Lipinski definition) is 0. The highest BCUT2D eigenvalue weighted by atomic mass is 19.1. The van der Waals surface area contributed by atoms with Crippen LogP contribution in [0.3, 0.4) is 0 Å². The Bertz CT molecular complexity index is 255. The minimum absolute atomic E-state index is 0.212. The number of unbranched alkanes of at least 4 members (excludes halogenated alkanes) is 2. The number of carbonyl (C=O) groups is 1. The molecule has 0 aliphatic heterocycles. The molecule has 0 bridgehead atoms. The highest BCUT2D eigenvalue weighted by Gasteiger charge is 2.31. The summed E-state index contributed by atoms with van der Waals surface area (Å²) in [4.78, 5) is 11.3. The number of halogens is 1. The molecule has 0 radical (unpaired) electrons. The van der Waals surface area contributed by atoms with E-state index < -0.39 is 5.83 Å². The first-order chi connectivity index (χ1) is 7.20. The molecule has 1 unspecified atom stereocenters. The third-order valence-corrected chi connectivity index (χ3v) is 3.16. The van der Waals surface area contributed by atoms with E-state index in [4.69, 9.17) is 0 Å². The van der Waals surface area contributed by atoms with Gasteiger partial charge in [0.05, 0.1) is 0 Å². The second-order valence-corrected chi connectivity index (χ2v) is 4.41. The van der Waals surface area contributed by atoms with Crippen LogP contribution in [-0.2, 0) is 4.79 Å². The van der Waals surface area contributed by atoms with E-state index in [2.05, 4.69) is 13.8 Å². The molecule has 86 valence electrons. The predicted molar refractivity (Wildman–Crippen MR) is 60.3 cm³/mol. The van der Waals surface area contributed by atoms with E-state index in [1.165, 1.54) is 0 Å². The van der Waals surface area contributed by atoms with E-state index in [1.54, 1.807) is 0 Å². The molecule has 0 fully saturated rings. The van der Waals surface area contributed by atoms with E-state index in [0.29, 0.717) is 6.42 Å². The van der Waals surface area contributed by atoms with Crippen LogP contribution < -0.4 is 0 Å². The number of Topliss-reactive ketones (excluding diaryl/α,β-unsaturated/α-hetero) is 1. The van der Waals surface area contributed by atoms with Crippen LogP contribution in [0.25, 0.3) is 0 Å².